The summed E-state index contributed by atoms with van der Waals surface area (Å²) in [6.07, 6.45) is 0.548. The lowest BCUT2D eigenvalue weighted by Crippen LogP contribution is -2.43. The molecule has 1 saturated heterocycles. The number of hydrogen-bond acceptors (Lipinski definition) is 3. The summed E-state index contributed by atoms with van der Waals surface area (Å²) < 4.78 is 23.4. The molecule has 1 aromatic carbocycles. The van der Waals surface area contributed by atoms with Gasteiger partial charge in [0, 0.05) is 18.2 Å². The van der Waals surface area contributed by atoms with Crippen LogP contribution in [0, 0.1) is 12.8 Å². The van der Waals surface area contributed by atoms with Gasteiger partial charge in [0.15, 0.2) is 9.84 Å². The molecule has 4 nitrogen and oxygen atoms in total. The molecule has 0 spiro atoms. The number of aryl methyl sites for hydroxylation is 1. The van der Waals surface area contributed by atoms with E-state index < -0.39 is 9.84 Å². The average molecular weight is 309 g/mol. The topological polar surface area (TPSA) is 54.5 Å². The van der Waals surface area contributed by atoms with Crippen molar-refractivity contribution in [2.45, 2.75) is 33.2 Å². The van der Waals surface area contributed by atoms with Crippen molar-refractivity contribution in [2.24, 2.45) is 5.92 Å². The number of benzene rings is 1. The fourth-order valence-electron chi connectivity index (χ4n) is 2.76. The molecule has 1 heterocycles. The Balaban J connectivity index is 2.26. The molecule has 116 valence electrons. The van der Waals surface area contributed by atoms with Crippen molar-refractivity contribution >= 4 is 15.7 Å². The van der Waals surface area contributed by atoms with E-state index in [9.17, 15) is 13.2 Å². The van der Waals surface area contributed by atoms with E-state index in [1.165, 1.54) is 0 Å². The third-order valence-corrected chi connectivity index (χ3v) is 5.49. The fourth-order valence-corrected chi connectivity index (χ4v) is 4.49. The van der Waals surface area contributed by atoms with Gasteiger partial charge in [-0.25, -0.2) is 8.42 Å². The van der Waals surface area contributed by atoms with Crippen LogP contribution in [0.1, 0.15) is 36.2 Å². The Hall–Kier alpha value is -1.36. The molecule has 0 bridgehead atoms. The number of carbonyl (C=O) groups is 1. The van der Waals surface area contributed by atoms with Gasteiger partial charge in [-0.3, -0.25) is 4.79 Å². The molecule has 1 atom stereocenters. The highest BCUT2D eigenvalue weighted by Gasteiger charge is 2.35. The van der Waals surface area contributed by atoms with Crippen molar-refractivity contribution in [3.05, 3.63) is 35.4 Å². The van der Waals surface area contributed by atoms with Crippen LogP contribution in [0.25, 0.3) is 0 Å². The molecule has 0 unspecified atom stereocenters. The molecule has 0 aromatic heterocycles. The van der Waals surface area contributed by atoms with Crippen LogP contribution < -0.4 is 0 Å². The Morgan fingerprint density at radius 2 is 2.10 bits per heavy atom. The normalized spacial score (nSPS) is 20.7. The predicted octanol–water partition coefficient (Wildman–Crippen LogP) is 2.28. The summed E-state index contributed by atoms with van der Waals surface area (Å²) in [6.45, 7) is 6.62. The molecule has 21 heavy (non-hydrogen) atoms. The van der Waals surface area contributed by atoms with Gasteiger partial charge in [0.2, 0.25) is 0 Å². The fraction of sp³-hybridized carbons (Fsp3) is 0.562. The Bertz CT molecular complexity index is 622. The van der Waals surface area contributed by atoms with Crippen LogP contribution in [0.2, 0.25) is 0 Å². The standard InChI is InChI=1S/C16H23NO3S/c1-12(2)10-17(15-7-8-21(19,20)11-15)16(18)14-6-4-5-13(3)9-14/h4-6,9,12,15H,7-8,10-11H2,1-3H3/t15-/m0/s1. The summed E-state index contributed by atoms with van der Waals surface area (Å²) in [5, 5.41) is 0. The second-order valence-electron chi connectivity index (χ2n) is 6.28. The zero-order chi connectivity index (χ0) is 15.6. The molecule has 1 aliphatic rings. The molecular formula is C16H23NO3S. The Kier molecular flexibility index (Phi) is 4.71. The van der Waals surface area contributed by atoms with E-state index in [1.807, 2.05) is 39.0 Å². The lowest BCUT2D eigenvalue weighted by Gasteiger charge is -2.30. The minimum Gasteiger partial charge on any atom is -0.334 e. The molecule has 5 heteroatoms. The molecule has 0 aliphatic carbocycles. The van der Waals surface area contributed by atoms with Crippen molar-refractivity contribution < 1.29 is 13.2 Å². The molecule has 0 radical (unpaired) electrons. The molecule has 1 aliphatic heterocycles. The third-order valence-electron chi connectivity index (χ3n) is 3.74. The number of sulfone groups is 1. The first-order chi connectivity index (χ1) is 9.78. The second-order valence-corrected chi connectivity index (χ2v) is 8.51. The maximum Gasteiger partial charge on any atom is 0.254 e. The molecule has 1 fully saturated rings. The van der Waals surface area contributed by atoms with Crippen LogP contribution in [0.4, 0.5) is 0 Å². The molecule has 0 saturated carbocycles. The van der Waals surface area contributed by atoms with E-state index in [2.05, 4.69) is 0 Å². The number of amides is 1. The Morgan fingerprint density at radius 3 is 2.62 bits per heavy atom. The van der Waals surface area contributed by atoms with Gasteiger partial charge in [-0.15, -0.1) is 0 Å². The van der Waals surface area contributed by atoms with Gasteiger partial charge in [0.25, 0.3) is 5.91 Å². The summed E-state index contributed by atoms with van der Waals surface area (Å²) in [5.74, 6) is 0.529. The van der Waals surface area contributed by atoms with E-state index in [0.29, 0.717) is 24.4 Å². The average Bonchev–Trinajstić information content (AvgIpc) is 2.75. The predicted molar refractivity (Wildman–Crippen MR) is 84.1 cm³/mol. The van der Waals surface area contributed by atoms with Crippen molar-refractivity contribution in [3.63, 3.8) is 0 Å². The number of nitrogens with zero attached hydrogens (tertiary/aromatic N) is 1. The van der Waals surface area contributed by atoms with Gasteiger partial charge in [-0.05, 0) is 31.4 Å². The third kappa shape index (κ3) is 4.06. The quantitative estimate of drug-likeness (QED) is 0.857. The second kappa shape index (κ2) is 6.18. The van der Waals surface area contributed by atoms with Crippen LogP contribution in [0.15, 0.2) is 24.3 Å². The summed E-state index contributed by atoms with van der Waals surface area (Å²) >= 11 is 0. The van der Waals surface area contributed by atoms with E-state index in [-0.39, 0.29) is 23.5 Å². The van der Waals surface area contributed by atoms with Gasteiger partial charge in [-0.2, -0.15) is 0 Å². The zero-order valence-corrected chi connectivity index (χ0v) is 13.7. The van der Waals surface area contributed by atoms with Gasteiger partial charge in [-0.1, -0.05) is 31.5 Å². The zero-order valence-electron chi connectivity index (χ0n) is 12.9. The van der Waals surface area contributed by atoms with Crippen LogP contribution >= 0.6 is 0 Å². The Labute approximate surface area is 127 Å². The monoisotopic (exact) mass is 309 g/mol. The van der Waals surface area contributed by atoms with E-state index in [1.54, 1.807) is 11.0 Å². The summed E-state index contributed by atoms with van der Waals surface area (Å²) in [7, 11) is -2.99. The SMILES string of the molecule is Cc1cccc(C(=O)N(CC(C)C)[C@H]2CCS(=O)(=O)C2)c1. The largest absolute Gasteiger partial charge is 0.334 e. The minimum atomic E-state index is -2.99. The highest BCUT2D eigenvalue weighted by Crippen LogP contribution is 2.21. The lowest BCUT2D eigenvalue weighted by molar-refractivity contribution is 0.0672. The molecule has 1 aromatic rings. The smallest absolute Gasteiger partial charge is 0.254 e. The van der Waals surface area contributed by atoms with Crippen LogP contribution in [-0.2, 0) is 9.84 Å². The van der Waals surface area contributed by atoms with Gasteiger partial charge in [0.05, 0.1) is 11.5 Å². The molecular weight excluding hydrogens is 286 g/mol. The number of carbonyl (C=O) groups excluding carboxylic acids is 1. The van der Waals surface area contributed by atoms with Crippen LogP contribution in [0.3, 0.4) is 0 Å². The molecule has 1 amide bonds. The van der Waals surface area contributed by atoms with Crippen molar-refractivity contribution in [3.8, 4) is 0 Å². The summed E-state index contributed by atoms with van der Waals surface area (Å²) in [6, 6.07) is 7.28. The van der Waals surface area contributed by atoms with Crippen LogP contribution in [-0.4, -0.2) is 43.3 Å². The first-order valence-electron chi connectivity index (χ1n) is 7.36. The van der Waals surface area contributed by atoms with Crippen LogP contribution in [0.5, 0.6) is 0 Å². The maximum absolute atomic E-state index is 12.8. The van der Waals surface area contributed by atoms with E-state index >= 15 is 0 Å². The molecule has 2 rings (SSSR count). The van der Waals surface area contributed by atoms with E-state index in [0.717, 1.165) is 5.56 Å². The first-order valence-corrected chi connectivity index (χ1v) is 9.19. The van der Waals surface area contributed by atoms with Gasteiger partial charge in [0.1, 0.15) is 0 Å². The molecule has 0 N–H and O–H groups in total. The van der Waals surface area contributed by atoms with Crippen molar-refractivity contribution in [2.75, 3.05) is 18.1 Å². The highest BCUT2D eigenvalue weighted by atomic mass is 32.2. The lowest BCUT2D eigenvalue weighted by atomic mass is 10.1. The van der Waals surface area contributed by atoms with Crippen molar-refractivity contribution in [1.29, 1.82) is 0 Å². The van der Waals surface area contributed by atoms with Gasteiger partial charge < -0.3 is 4.90 Å². The maximum atomic E-state index is 12.8. The summed E-state index contributed by atoms with van der Waals surface area (Å²) in [5.41, 5.74) is 1.67. The summed E-state index contributed by atoms with van der Waals surface area (Å²) in [4.78, 5) is 14.5. The van der Waals surface area contributed by atoms with E-state index in [4.69, 9.17) is 0 Å². The van der Waals surface area contributed by atoms with Crippen molar-refractivity contribution in [1.82, 2.24) is 4.90 Å². The number of hydrogen-bond donors (Lipinski definition) is 0. The van der Waals surface area contributed by atoms with Gasteiger partial charge >= 0.3 is 0 Å². The Morgan fingerprint density at radius 1 is 1.38 bits per heavy atom. The first kappa shape index (κ1) is 16.0. The number of rotatable bonds is 4. The minimum absolute atomic E-state index is 0.0606. The highest BCUT2D eigenvalue weighted by molar-refractivity contribution is 7.91.